The molecule has 1 aliphatic rings. The molecular weight excluding hydrogens is 342 g/mol. The second-order valence-corrected chi connectivity index (χ2v) is 6.50. The minimum Gasteiger partial charge on any atom is -0.491 e. The monoisotopic (exact) mass is 359 g/mol. The smallest absolute Gasteiger partial charge is 0.255 e. The van der Waals surface area contributed by atoms with Crippen molar-refractivity contribution in [2.24, 2.45) is 7.05 Å². The maximum absolute atomic E-state index is 12.1. The van der Waals surface area contributed by atoms with E-state index in [2.05, 4.69) is 20.4 Å². The van der Waals surface area contributed by atoms with Crippen molar-refractivity contribution in [3.63, 3.8) is 0 Å². The lowest BCUT2D eigenvalue weighted by atomic mass is 9.98. The molecule has 1 amide bonds. The van der Waals surface area contributed by atoms with Gasteiger partial charge in [0.25, 0.3) is 5.91 Å². The van der Waals surface area contributed by atoms with Crippen molar-refractivity contribution in [1.29, 1.82) is 0 Å². The number of nitrogens with zero attached hydrogens (tertiary/aromatic N) is 3. The van der Waals surface area contributed by atoms with Crippen LogP contribution in [0.15, 0.2) is 49.1 Å². The SMILES string of the molecule is Cn1cc(-c2ccnc3[nH]cc(-c4ccc5c(c4)OCCNC5=O)c23)cn1. The summed E-state index contributed by atoms with van der Waals surface area (Å²) in [6, 6.07) is 7.66. The number of rotatable bonds is 2. The predicted octanol–water partition coefficient (Wildman–Crippen LogP) is 2.75. The fourth-order valence-corrected chi connectivity index (χ4v) is 3.50. The largest absolute Gasteiger partial charge is 0.491 e. The molecule has 1 aliphatic heterocycles. The predicted molar refractivity (Wildman–Crippen MR) is 102 cm³/mol. The Kier molecular flexibility index (Phi) is 3.46. The summed E-state index contributed by atoms with van der Waals surface area (Å²) in [7, 11) is 1.90. The van der Waals surface area contributed by atoms with Crippen molar-refractivity contribution >= 4 is 16.9 Å². The minimum absolute atomic E-state index is 0.106. The first kappa shape index (κ1) is 15.6. The van der Waals surface area contributed by atoms with Gasteiger partial charge in [-0.15, -0.1) is 0 Å². The molecule has 7 heteroatoms. The Balaban J connectivity index is 1.70. The topological polar surface area (TPSA) is 84.8 Å². The lowest BCUT2D eigenvalue weighted by Gasteiger charge is -2.09. The number of benzene rings is 1. The van der Waals surface area contributed by atoms with Crippen LogP contribution in [0.25, 0.3) is 33.3 Å². The summed E-state index contributed by atoms with van der Waals surface area (Å²) in [6.07, 6.45) is 7.55. The Morgan fingerprint density at radius 1 is 1.15 bits per heavy atom. The van der Waals surface area contributed by atoms with Gasteiger partial charge in [0, 0.05) is 42.2 Å². The van der Waals surface area contributed by atoms with Gasteiger partial charge in [-0.2, -0.15) is 5.10 Å². The van der Waals surface area contributed by atoms with Gasteiger partial charge in [-0.1, -0.05) is 6.07 Å². The Morgan fingerprint density at radius 3 is 2.93 bits per heavy atom. The quantitative estimate of drug-likeness (QED) is 0.576. The molecular formula is C20H17N5O2. The first-order valence-corrected chi connectivity index (χ1v) is 8.71. The van der Waals surface area contributed by atoms with E-state index < -0.39 is 0 Å². The van der Waals surface area contributed by atoms with E-state index >= 15 is 0 Å². The van der Waals surface area contributed by atoms with Gasteiger partial charge in [-0.3, -0.25) is 9.48 Å². The zero-order valence-electron chi connectivity index (χ0n) is 14.7. The number of carbonyl (C=O) groups excluding carboxylic acids is 1. The summed E-state index contributed by atoms with van der Waals surface area (Å²) in [4.78, 5) is 19.8. The lowest BCUT2D eigenvalue weighted by Crippen LogP contribution is -2.24. The number of hydrogen-bond acceptors (Lipinski definition) is 4. The summed E-state index contributed by atoms with van der Waals surface area (Å²) in [6.45, 7) is 0.962. The first-order valence-electron chi connectivity index (χ1n) is 8.71. The molecule has 0 bridgehead atoms. The van der Waals surface area contributed by atoms with Gasteiger partial charge >= 0.3 is 0 Å². The molecule has 0 spiro atoms. The molecule has 1 aromatic carbocycles. The molecule has 3 aromatic heterocycles. The summed E-state index contributed by atoms with van der Waals surface area (Å²) in [5.41, 5.74) is 5.41. The second-order valence-electron chi connectivity index (χ2n) is 6.50. The van der Waals surface area contributed by atoms with Crippen molar-refractivity contribution < 1.29 is 9.53 Å². The van der Waals surface area contributed by atoms with E-state index in [1.54, 1.807) is 10.9 Å². The molecule has 7 nitrogen and oxygen atoms in total. The third-order valence-corrected chi connectivity index (χ3v) is 4.77. The lowest BCUT2D eigenvalue weighted by molar-refractivity contribution is 0.0957. The molecule has 134 valence electrons. The van der Waals surface area contributed by atoms with Gasteiger partial charge in [0.15, 0.2) is 0 Å². The standard InChI is InChI=1S/C20H17N5O2/c1-25-11-13(9-24-25)14-4-5-21-19-18(14)16(10-23-19)12-2-3-15-17(8-12)27-7-6-22-20(15)26/h2-5,8-11H,6-7H2,1H3,(H,21,23)(H,22,26). The molecule has 5 rings (SSSR count). The highest BCUT2D eigenvalue weighted by atomic mass is 16.5. The molecule has 0 aliphatic carbocycles. The average Bonchev–Trinajstić information content (AvgIpc) is 3.26. The number of amides is 1. The van der Waals surface area contributed by atoms with E-state index in [4.69, 9.17) is 4.74 Å². The van der Waals surface area contributed by atoms with Crippen molar-refractivity contribution in [1.82, 2.24) is 25.1 Å². The minimum atomic E-state index is -0.106. The van der Waals surface area contributed by atoms with Crippen LogP contribution in [0.4, 0.5) is 0 Å². The van der Waals surface area contributed by atoms with Crippen LogP contribution in [-0.2, 0) is 7.05 Å². The van der Waals surface area contributed by atoms with Gasteiger partial charge in [0.05, 0.1) is 18.3 Å². The van der Waals surface area contributed by atoms with Crippen LogP contribution in [0.3, 0.4) is 0 Å². The fraction of sp³-hybridized carbons (Fsp3) is 0.150. The van der Waals surface area contributed by atoms with Crippen LogP contribution < -0.4 is 10.1 Å². The van der Waals surface area contributed by atoms with Gasteiger partial charge in [0.1, 0.15) is 18.0 Å². The van der Waals surface area contributed by atoms with Gasteiger partial charge < -0.3 is 15.0 Å². The Labute approximate surface area is 155 Å². The zero-order valence-corrected chi connectivity index (χ0v) is 14.7. The van der Waals surface area contributed by atoms with Crippen LogP contribution in [-0.4, -0.2) is 38.8 Å². The third-order valence-electron chi connectivity index (χ3n) is 4.77. The first-order chi connectivity index (χ1) is 13.2. The molecule has 0 unspecified atom stereocenters. The maximum atomic E-state index is 12.1. The Hall–Kier alpha value is -3.61. The van der Waals surface area contributed by atoms with E-state index in [0.717, 1.165) is 33.3 Å². The number of ether oxygens (including phenoxy) is 1. The van der Waals surface area contributed by atoms with Gasteiger partial charge in [-0.25, -0.2) is 4.98 Å². The molecule has 27 heavy (non-hydrogen) atoms. The van der Waals surface area contributed by atoms with Crippen LogP contribution in [0.2, 0.25) is 0 Å². The molecule has 0 atom stereocenters. The number of carbonyl (C=O) groups is 1. The average molecular weight is 359 g/mol. The summed E-state index contributed by atoms with van der Waals surface area (Å²) in [5.74, 6) is 0.495. The third kappa shape index (κ3) is 2.55. The maximum Gasteiger partial charge on any atom is 0.255 e. The van der Waals surface area contributed by atoms with E-state index in [1.165, 1.54) is 0 Å². The molecule has 0 radical (unpaired) electrons. The van der Waals surface area contributed by atoms with Crippen molar-refractivity contribution in [3.8, 4) is 28.0 Å². The summed E-state index contributed by atoms with van der Waals surface area (Å²) < 4.78 is 7.55. The number of aromatic amines is 1. The van der Waals surface area contributed by atoms with E-state index in [9.17, 15) is 4.79 Å². The van der Waals surface area contributed by atoms with Crippen LogP contribution in [0.1, 0.15) is 10.4 Å². The highest BCUT2D eigenvalue weighted by Crippen LogP contribution is 2.37. The van der Waals surface area contributed by atoms with Crippen LogP contribution in [0.5, 0.6) is 5.75 Å². The Bertz CT molecular complexity index is 1170. The van der Waals surface area contributed by atoms with Crippen LogP contribution >= 0.6 is 0 Å². The second kappa shape index (κ2) is 5.98. The molecule has 4 heterocycles. The highest BCUT2D eigenvalue weighted by Gasteiger charge is 2.19. The zero-order chi connectivity index (χ0) is 18.4. The molecule has 0 fully saturated rings. The Morgan fingerprint density at radius 2 is 2.07 bits per heavy atom. The number of H-pyrrole nitrogens is 1. The fourth-order valence-electron chi connectivity index (χ4n) is 3.50. The molecule has 0 saturated carbocycles. The molecule has 0 saturated heterocycles. The van der Waals surface area contributed by atoms with Gasteiger partial charge in [-0.05, 0) is 29.3 Å². The van der Waals surface area contributed by atoms with Gasteiger partial charge in [0.2, 0.25) is 0 Å². The van der Waals surface area contributed by atoms with Crippen LogP contribution in [0, 0.1) is 0 Å². The summed E-state index contributed by atoms with van der Waals surface area (Å²) in [5, 5.41) is 8.13. The molecule has 4 aromatic rings. The number of fused-ring (bicyclic) bond motifs is 2. The van der Waals surface area contributed by atoms with E-state index in [0.29, 0.717) is 24.5 Å². The van der Waals surface area contributed by atoms with Crippen molar-refractivity contribution in [2.45, 2.75) is 0 Å². The van der Waals surface area contributed by atoms with Crippen molar-refractivity contribution in [3.05, 3.63) is 54.6 Å². The number of pyridine rings is 1. The molecule has 2 N–H and O–H groups in total. The highest BCUT2D eigenvalue weighted by molar-refractivity contribution is 6.05. The number of hydrogen-bond donors (Lipinski definition) is 2. The number of aryl methyl sites for hydroxylation is 1. The van der Waals surface area contributed by atoms with E-state index in [1.807, 2.05) is 49.9 Å². The summed E-state index contributed by atoms with van der Waals surface area (Å²) >= 11 is 0. The van der Waals surface area contributed by atoms with Crippen molar-refractivity contribution in [2.75, 3.05) is 13.2 Å². The number of nitrogens with one attached hydrogen (secondary N) is 2. The normalized spacial score (nSPS) is 13.7. The number of aromatic nitrogens is 4. The van der Waals surface area contributed by atoms with E-state index in [-0.39, 0.29) is 5.91 Å².